The number of methoxy groups -OCH3 is 1. The van der Waals surface area contributed by atoms with Gasteiger partial charge in [-0.1, -0.05) is 6.07 Å². The van der Waals surface area contributed by atoms with E-state index in [1.54, 1.807) is 7.11 Å². The second-order valence-corrected chi connectivity index (χ2v) is 9.21. The van der Waals surface area contributed by atoms with E-state index in [0.717, 1.165) is 48.5 Å². The van der Waals surface area contributed by atoms with Crippen molar-refractivity contribution >= 4 is 28.8 Å². The molecule has 3 aromatic rings. The fourth-order valence-corrected chi connectivity index (χ4v) is 3.61. The zero-order valence-corrected chi connectivity index (χ0v) is 22.1. The van der Waals surface area contributed by atoms with Crippen LogP contribution in [-0.2, 0) is 27.5 Å². The Morgan fingerprint density at radius 2 is 1.54 bits per heavy atom. The molecule has 0 aliphatic carbocycles. The highest BCUT2D eigenvalue weighted by molar-refractivity contribution is 5.88. The van der Waals surface area contributed by atoms with Crippen molar-refractivity contribution < 1.29 is 39.5 Å². The second-order valence-electron chi connectivity index (χ2n) is 9.21. The summed E-state index contributed by atoms with van der Waals surface area (Å²) in [6.45, 7) is 3.70. The molecule has 0 saturated heterocycles. The van der Waals surface area contributed by atoms with Crippen LogP contribution in [0.4, 0.5) is 0 Å². The monoisotopic (exact) mass is 542 g/mol. The van der Waals surface area contributed by atoms with Gasteiger partial charge in [0.1, 0.15) is 5.75 Å². The molecule has 0 spiro atoms. The maximum absolute atomic E-state index is 10.3. The minimum atomic E-state index is -2.74. The average molecular weight is 543 g/mol. The van der Waals surface area contributed by atoms with Gasteiger partial charge >= 0.3 is 17.9 Å². The van der Waals surface area contributed by atoms with Gasteiger partial charge < -0.3 is 30.1 Å². The van der Waals surface area contributed by atoms with Gasteiger partial charge in [-0.3, -0.25) is 24.5 Å². The fraction of sp³-hybridized carbons (Fsp3) is 0.370. The van der Waals surface area contributed by atoms with E-state index >= 15 is 0 Å². The normalized spacial score (nSPS) is 11.2. The summed E-state index contributed by atoms with van der Waals surface area (Å²) in [7, 11) is 5.89. The minimum Gasteiger partial charge on any atom is -0.497 e. The van der Waals surface area contributed by atoms with Gasteiger partial charge in [0.25, 0.3) is 0 Å². The summed E-state index contributed by atoms with van der Waals surface area (Å²) in [6, 6.07) is 14.4. The smallest absolute Gasteiger partial charge is 0.336 e. The lowest BCUT2D eigenvalue weighted by Gasteiger charge is -2.24. The third-order valence-electron chi connectivity index (χ3n) is 5.64. The average Bonchev–Trinajstić information content (AvgIpc) is 2.87. The highest BCUT2D eigenvalue weighted by Gasteiger charge is 2.40. The van der Waals surface area contributed by atoms with Gasteiger partial charge in [0.2, 0.25) is 0 Å². The molecule has 0 amide bonds. The summed E-state index contributed by atoms with van der Waals surface area (Å²) >= 11 is 0. The number of fused-ring (bicyclic) bond motifs is 1. The number of aliphatic carboxylic acids is 3. The van der Waals surface area contributed by atoms with Gasteiger partial charge in [-0.15, -0.1) is 0 Å². The van der Waals surface area contributed by atoms with E-state index in [1.165, 1.54) is 5.56 Å². The number of carboxylic acid groups (broad SMARTS) is 3. The SMILES string of the molecule is COc1ccc2nc(CN(CCN(C)C)Cc3ccncc3)ccc2c1.O=C(O)CC(O)(CC(=O)O)C(=O)O. The van der Waals surface area contributed by atoms with Gasteiger partial charge in [-0.2, -0.15) is 0 Å². The zero-order chi connectivity index (χ0) is 29.0. The van der Waals surface area contributed by atoms with Crippen LogP contribution in [-0.4, -0.2) is 98.0 Å². The topological polar surface area (TPSA) is 174 Å². The minimum absolute atomic E-state index is 0.818. The van der Waals surface area contributed by atoms with Crippen LogP contribution in [0.2, 0.25) is 0 Å². The van der Waals surface area contributed by atoms with Crippen molar-refractivity contribution in [3.63, 3.8) is 0 Å². The first-order valence-corrected chi connectivity index (χ1v) is 12.0. The van der Waals surface area contributed by atoms with Gasteiger partial charge in [-0.05, 0) is 56.1 Å². The molecular weight excluding hydrogens is 508 g/mol. The number of carbonyl (C=O) groups is 3. The van der Waals surface area contributed by atoms with Crippen LogP contribution in [0.25, 0.3) is 10.9 Å². The number of hydrogen-bond acceptors (Lipinski definition) is 9. The molecule has 12 nitrogen and oxygen atoms in total. The van der Waals surface area contributed by atoms with Crippen molar-refractivity contribution in [2.24, 2.45) is 0 Å². The van der Waals surface area contributed by atoms with Gasteiger partial charge in [0.05, 0.1) is 31.2 Å². The van der Waals surface area contributed by atoms with Gasteiger partial charge in [0, 0.05) is 44.0 Å². The molecule has 0 atom stereocenters. The highest BCUT2D eigenvalue weighted by atomic mass is 16.5. The van der Waals surface area contributed by atoms with Crippen molar-refractivity contribution in [1.82, 2.24) is 19.8 Å². The molecular formula is C27H34N4O8. The molecule has 12 heteroatoms. The third kappa shape index (κ3) is 10.6. The number of nitrogens with zero attached hydrogens (tertiary/aromatic N) is 4. The van der Waals surface area contributed by atoms with E-state index < -0.39 is 36.4 Å². The lowest BCUT2D eigenvalue weighted by Crippen LogP contribution is -2.42. The van der Waals surface area contributed by atoms with Crippen LogP contribution in [0.3, 0.4) is 0 Å². The van der Waals surface area contributed by atoms with E-state index in [2.05, 4.69) is 53.1 Å². The van der Waals surface area contributed by atoms with E-state index in [9.17, 15) is 14.4 Å². The number of aliphatic hydroxyl groups is 1. The molecule has 0 saturated carbocycles. The van der Waals surface area contributed by atoms with Crippen LogP contribution in [0.5, 0.6) is 5.75 Å². The number of pyridine rings is 2. The van der Waals surface area contributed by atoms with Crippen LogP contribution in [0.15, 0.2) is 54.9 Å². The molecule has 4 N–H and O–H groups in total. The third-order valence-corrected chi connectivity index (χ3v) is 5.64. The maximum atomic E-state index is 10.3. The Kier molecular flexibility index (Phi) is 11.7. The molecule has 2 heterocycles. The molecule has 0 bridgehead atoms. The van der Waals surface area contributed by atoms with Crippen molar-refractivity contribution in [2.75, 3.05) is 34.3 Å². The summed E-state index contributed by atoms with van der Waals surface area (Å²) in [5.74, 6) is -4.16. The molecule has 0 aliphatic rings. The standard InChI is InChI=1S/C21H26N4O.C6H8O7/c1-24(2)12-13-25(15-17-8-10-22-11-9-17)16-19-5-4-18-14-20(26-3)6-7-21(18)23-19;7-3(8)1-6(13,5(11)12)2-4(9)10/h4-11,14H,12-13,15-16H2,1-3H3;13H,1-2H2,(H,7,8)(H,9,10)(H,11,12). The Hall–Kier alpha value is -4.13. The zero-order valence-electron chi connectivity index (χ0n) is 22.1. The Morgan fingerprint density at radius 3 is 2.08 bits per heavy atom. The maximum Gasteiger partial charge on any atom is 0.336 e. The number of ether oxygens (including phenoxy) is 1. The van der Waals surface area contributed by atoms with Crippen LogP contribution < -0.4 is 4.74 Å². The van der Waals surface area contributed by atoms with E-state index in [1.807, 2.05) is 30.6 Å². The Labute approximate surface area is 226 Å². The number of likely N-dealkylation sites (N-methyl/N-ethyl adjacent to an activating group) is 1. The Balaban J connectivity index is 0.000000349. The predicted octanol–water partition coefficient (Wildman–Crippen LogP) is 1.95. The van der Waals surface area contributed by atoms with E-state index in [4.69, 9.17) is 30.1 Å². The summed E-state index contributed by atoms with van der Waals surface area (Å²) in [5, 5.41) is 34.9. The molecule has 0 fully saturated rings. The number of benzene rings is 1. The number of aromatic nitrogens is 2. The number of hydrogen-bond donors (Lipinski definition) is 4. The summed E-state index contributed by atoms with van der Waals surface area (Å²) in [6.07, 6.45) is 1.41. The first-order chi connectivity index (χ1) is 18.4. The second kappa shape index (κ2) is 14.7. The quantitative estimate of drug-likeness (QED) is 0.248. The van der Waals surface area contributed by atoms with E-state index in [0.29, 0.717) is 0 Å². The van der Waals surface area contributed by atoms with Crippen molar-refractivity contribution in [3.8, 4) is 5.75 Å². The molecule has 210 valence electrons. The van der Waals surface area contributed by atoms with Gasteiger partial charge in [0.15, 0.2) is 5.60 Å². The molecule has 0 unspecified atom stereocenters. The van der Waals surface area contributed by atoms with Crippen molar-refractivity contribution in [1.29, 1.82) is 0 Å². The number of rotatable bonds is 13. The van der Waals surface area contributed by atoms with Crippen LogP contribution in [0, 0.1) is 0 Å². The van der Waals surface area contributed by atoms with E-state index in [-0.39, 0.29) is 0 Å². The van der Waals surface area contributed by atoms with Crippen LogP contribution in [0.1, 0.15) is 24.1 Å². The van der Waals surface area contributed by atoms with Crippen LogP contribution >= 0.6 is 0 Å². The first kappa shape index (κ1) is 31.1. The molecule has 3 rings (SSSR count). The fourth-order valence-electron chi connectivity index (χ4n) is 3.61. The molecule has 0 aliphatic heterocycles. The summed E-state index contributed by atoms with van der Waals surface area (Å²) < 4.78 is 5.29. The largest absolute Gasteiger partial charge is 0.497 e. The van der Waals surface area contributed by atoms with Gasteiger partial charge in [-0.25, -0.2) is 4.79 Å². The molecule has 39 heavy (non-hydrogen) atoms. The molecule has 0 radical (unpaired) electrons. The highest BCUT2D eigenvalue weighted by Crippen LogP contribution is 2.20. The van der Waals surface area contributed by atoms with Crippen molar-refractivity contribution in [3.05, 3.63) is 66.1 Å². The lowest BCUT2D eigenvalue weighted by molar-refractivity contribution is -0.170. The first-order valence-electron chi connectivity index (χ1n) is 12.0. The Morgan fingerprint density at radius 1 is 0.897 bits per heavy atom. The Bertz CT molecular complexity index is 1240. The summed E-state index contributed by atoms with van der Waals surface area (Å²) in [4.78, 5) is 44.1. The molecule has 1 aromatic carbocycles. The lowest BCUT2D eigenvalue weighted by atomic mass is 9.96. The number of carboxylic acids is 3. The predicted molar refractivity (Wildman–Crippen MR) is 142 cm³/mol. The summed E-state index contributed by atoms with van der Waals surface area (Å²) in [5.41, 5.74) is 0.608. The molecule has 2 aromatic heterocycles. The van der Waals surface area contributed by atoms with Crippen molar-refractivity contribution in [2.45, 2.75) is 31.5 Å².